The lowest BCUT2D eigenvalue weighted by Gasteiger charge is -2.36. The van der Waals surface area contributed by atoms with E-state index >= 15 is 0 Å². The summed E-state index contributed by atoms with van der Waals surface area (Å²) in [6.45, 7) is 6.25. The highest BCUT2D eigenvalue weighted by atomic mass is 16.5. The summed E-state index contributed by atoms with van der Waals surface area (Å²) in [7, 11) is 1.73. The summed E-state index contributed by atoms with van der Waals surface area (Å²) >= 11 is 0. The quantitative estimate of drug-likeness (QED) is 0.626. The van der Waals surface area contributed by atoms with Crippen LogP contribution in [0.25, 0.3) is 11.0 Å². The van der Waals surface area contributed by atoms with E-state index in [-0.39, 0.29) is 11.6 Å². The molecule has 1 heterocycles. The summed E-state index contributed by atoms with van der Waals surface area (Å²) in [4.78, 5) is 0. The fourth-order valence-corrected chi connectivity index (χ4v) is 2.93. The van der Waals surface area contributed by atoms with E-state index in [1.165, 1.54) is 0 Å². The van der Waals surface area contributed by atoms with Crippen LogP contribution < -0.4 is 11.3 Å². The van der Waals surface area contributed by atoms with Crippen molar-refractivity contribution in [1.82, 2.24) is 5.43 Å². The van der Waals surface area contributed by atoms with Crippen molar-refractivity contribution >= 4 is 11.0 Å². The van der Waals surface area contributed by atoms with Gasteiger partial charge in [-0.1, -0.05) is 32.0 Å². The summed E-state index contributed by atoms with van der Waals surface area (Å²) in [6.07, 6.45) is 1.70. The standard InChI is InChI=1S/C16H24N2O2/c1-5-16(6-2,19-4)15(18-17)13-10-12-9-7-8-11(3)14(12)20-13/h7-10,15,18H,5-6,17H2,1-4H3. The lowest BCUT2D eigenvalue weighted by Crippen LogP contribution is -2.47. The first kappa shape index (κ1) is 15.0. The molecule has 1 unspecified atom stereocenters. The topological polar surface area (TPSA) is 60.4 Å². The molecule has 0 saturated carbocycles. The molecule has 0 saturated heterocycles. The normalized spacial score (nSPS) is 13.8. The van der Waals surface area contributed by atoms with E-state index in [2.05, 4.69) is 25.3 Å². The van der Waals surface area contributed by atoms with Gasteiger partial charge in [0, 0.05) is 12.5 Å². The van der Waals surface area contributed by atoms with Crippen LogP contribution in [0.2, 0.25) is 0 Å². The van der Waals surface area contributed by atoms with Gasteiger partial charge in [-0.05, 0) is 31.4 Å². The lowest BCUT2D eigenvalue weighted by molar-refractivity contribution is -0.0533. The molecule has 0 spiro atoms. The third kappa shape index (κ3) is 2.35. The Balaban J connectivity index is 2.51. The van der Waals surface area contributed by atoms with Gasteiger partial charge in [0.05, 0.1) is 5.60 Å². The van der Waals surface area contributed by atoms with E-state index in [9.17, 15) is 0 Å². The van der Waals surface area contributed by atoms with E-state index in [0.29, 0.717) is 0 Å². The van der Waals surface area contributed by atoms with Crippen LogP contribution in [0, 0.1) is 6.92 Å². The van der Waals surface area contributed by atoms with Gasteiger partial charge >= 0.3 is 0 Å². The average Bonchev–Trinajstić information content (AvgIpc) is 2.90. The molecule has 4 nitrogen and oxygen atoms in total. The van der Waals surface area contributed by atoms with Gasteiger partial charge in [0.1, 0.15) is 17.4 Å². The Morgan fingerprint density at radius 3 is 2.55 bits per heavy atom. The van der Waals surface area contributed by atoms with Gasteiger partial charge in [0.2, 0.25) is 0 Å². The molecule has 110 valence electrons. The summed E-state index contributed by atoms with van der Waals surface area (Å²) in [5.74, 6) is 6.61. The number of aryl methyl sites for hydroxylation is 1. The van der Waals surface area contributed by atoms with Gasteiger partial charge in [-0.15, -0.1) is 0 Å². The van der Waals surface area contributed by atoms with Gasteiger partial charge in [0.25, 0.3) is 0 Å². The zero-order valence-corrected chi connectivity index (χ0v) is 12.7. The fraction of sp³-hybridized carbons (Fsp3) is 0.500. The molecule has 0 amide bonds. The van der Waals surface area contributed by atoms with Gasteiger partial charge in [-0.2, -0.15) is 0 Å². The number of benzene rings is 1. The Kier molecular flexibility index (Phi) is 4.48. The molecule has 3 N–H and O–H groups in total. The SMILES string of the molecule is CCC(CC)(OC)C(NN)c1cc2cccc(C)c2o1. The first-order valence-electron chi connectivity index (χ1n) is 7.12. The molecule has 4 heteroatoms. The van der Waals surface area contributed by atoms with E-state index < -0.39 is 0 Å². The van der Waals surface area contributed by atoms with E-state index in [0.717, 1.165) is 35.1 Å². The number of hydrogen-bond acceptors (Lipinski definition) is 4. The van der Waals surface area contributed by atoms with Crippen LogP contribution >= 0.6 is 0 Å². The molecule has 1 aromatic carbocycles. The zero-order valence-electron chi connectivity index (χ0n) is 12.7. The third-order valence-electron chi connectivity index (χ3n) is 4.34. The summed E-state index contributed by atoms with van der Waals surface area (Å²) < 4.78 is 11.8. The van der Waals surface area contributed by atoms with Crippen molar-refractivity contribution in [2.75, 3.05) is 7.11 Å². The molecule has 0 bridgehead atoms. The molecule has 0 aliphatic rings. The van der Waals surface area contributed by atoms with Gasteiger partial charge in [-0.25, -0.2) is 5.43 Å². The summed E-state index contributed by atoms with van der Waals surface area (Å²) in [6, 6.07) is 8.00. The molecule has 0 fully saturated rings. The molecular formula is C16H24N2O2. The first-order valence-corrected chi connectivity index (χ1v) is 7.12. The number of rotatable bonds is 6. The smallest absolute Gasteiger partial charge is 0.137 e. The molecule has 0 aliphatic heterocycles. The molecule has 1 atom stereocenters. The molecule has 0 aliphatic carbocycles. The average molecular weight is 276 g/mol. The van der Waals surface area contributed by atoms with Crippen molar-refractivity contribution in [2.24, 2.45) is 5.84 Å². The van der Waals surface area contributed by atoms with Crippen LogP contribution in [0.3, 0.4) is 0 Å². The highest BCUT2D eigenvalue weighted by Crippen LogP contribution is 2.37. The van der Waals surface area contributed by atoms with Crippen LogP contribution in [-0.2, 0) is 4.74 Å². The van der Waals surface area contributed by atoms with Crippen molar-refractivity contribution < 1.29 is 9.15 Å². The molecule has 2 rings (SSSR count). The molecular weight excluding hydrogens is 252 g/mol. The van der Waals surface area contributed by atoms with Crippen LogP contribution in [0.5, 0.6) is 0 Å². The Labute approximate surface area is 120 Å². The molecule has 20 heavy (non-hydrogen) atoms. The number of nitrogens with two attached hydrogens (primary N) is 1. The number of para-hydroxylation sites is 1. The predicted octanol–water partition coefficient (Wildman–Crippen LogP) is 3.45. The van der Waals surface area contributed by atoms with E-state index in [1.54, 1.807) is 7.11 Å². The van der Waals surface area contributed by atoms with Gasteiger partial charge < -0.3 is 9.15 Å². The lowest BCUT2D eigenvalue weighted by atomic mass is 9.87. The second-order valence-electron chi connectivity index (χ2n) is 5.22. The maximum absolute atomic E-state index is 6.04. The molecule has 1 aromatic heterocycles. The highest BCUT2D eigenvalue weighted by Gasteiger charge is 2.38. The fourth-order valence-electron chi connectivity index (χ4n) is 2.93. The Bertz CT molecular complexity index is 565. The van der Waals surface area contributed by atoms with E-state index in [1.807, 2.05) is 25.1 Å². The van der Waals surface area contributed by atoms with Crippen LogP contribution in [0.15, 0.2) is 28.7 Å². The predicted molar refractivity (Wildman–Crippen MR) is 81.3 cm³/mol. The Morgan fingerprint density at radius 1 is 1.35 bits per heavy atom. The minimum absolute atomic E-state index is 0.172. The number of methoxy groups -OCH3 is 1. The number of fused-ring (bicyclic) bond motifs is 1. The first-order chi connectivity index (χ1) is 9.61. The number of nitrogens with one attached hydrogen (secondary N) is 1. The van der Waals surface area contributed by atoms with Gasteiger partial charge in [0.15, 0.2) is 0 Å². The highest BCUT2D eigenvalue weighted by molar-refractivity contribution is 5.81. The summed E-state index contributed by atoms with van der Waals surface area (Å²) in [5, 5.41) is 1.09. The maximum Gasteiger partial charge on any atom is 0.137 e. The monoisotopic (exact) mass is 276 g/mol. The number of hydrazine groups is 1. The van der Waals surface area contributed by atoms with Crippen molar-refractivity contribution in [3.05, 3.63) is 35.6 Å². The Hall–Kier alpha value is -1.36. The maximum atomic E-state index is 6.04. The van der Waals surface area contributed by atoms with E-state index in [4.69, 9.17) is 15.0 Å². The largest absolute Gasteiger partial charge is 0.459 e. The van der Waals surface area contributed by atoms with Crippen molar-refractivity contribution in [2.45, 2.75) is 45.3 Å². The minimum atomic E-state index is -0.365. The third-order valence-corrected chi connectivity index (χ3v) is 4.34. The number of ether oxygens (including phenoxy) is 1. The molecule has 2 aromatic rings. The number of hydrogen-bond donors (Lipinski definition) is 2. The van der Waals surface area contributed by atoms with Crippen molar-refractivity contribution in [1.29, 1.82) is 0 Å². The molecule has 0 radical (unpaired) electrons. The Morgan fingerprint density at radius 2 is 2.05 bits per heavy atom. The summed E-state index contributed by atoms with van der Waals surface area (Å²) in [5.41, 5.74) is 4.55. The van der Waals surface area contributed by atoms with Crippen molar-refractivity contribution in [3.8, 4) is 0 Å². The van der Waals surface area contributed by atoms with Crippen LogP contribution in [-0.4, -0.2) is 12.7 Å². The van der Waals surface area contributed by atoms with Crippen molar-refractivity contribution in [3.63, 3.8) is 0 Å². The zero-order chi connectivity index (χ0) is 14.8. The second-order valence-corrected chi connectivity index (χ2v) is 5.22. The van der Waals surface area contributed by atoms with Crippen LogP contribution in [0.1, 0.15) is 44.1 Å². The second kappa shape index (κ2) is 5.95. The number of furan rings is 1. The van der Waals surface area contributed by atoms with Gasteiger partial charge in [-0.3, -0.25) is 5.84 Å². The van der Waals surface area contributed by atoms with Crippen LogP contribution in [0.4, 0.5) is 0 Å². The minimum Gasteiger partial charge on any atom is -0.459 e.